The Hall–Kier alpha value is -2.72. The lowest BCUT2D eigenvalue weighted by atomic mass is 10.2. The van der Waals surface area contributed by atoms with E-state index < -0.39 is 11.9 Å². The second kappa shape index (κ2) is 7.70. The molecule has 2 rings (SSSR count). The Morgan fingerprint density at radius 1 is 1.33 bits per heavy atom. The van der Waals surface area contributed by atoms with Gasteiger partial charge < -0.3 is 25.6 Å². The number of hydrazone groups is 1. The number of aromatic hydroxyl groups is 1. The molecule has 1 heterocycles. The quantitative estimate of drug-likeness (QED) is 0.251. The first-order valence-electron chi connectivity index (χ1n) is 6.97. The van der Waals surface area contributed by atoms with E-state index in [1.54, 1.807) is 0 Å². The minimum atomic E-state index is -1.29. The Morgan fingerprint density at radius 3 is 2.58 bits per heavy atom. The number of thiocarbonyl (C=S) groups is 1. The fourth-order valence-corrected chi connectivity index (χ4v) is 2.15. The molecule has 1 aliphatic heterocycles. The second-order valence-electron chi connectivity index (χ2n) is 4.88. The number of nitrogens with two attached hydrogens (primary N) is 1. The van der Waals surface area contributed by atoms with Crippen LogP contribution >= 0.6 is 12.2 Å². The minimum Gasteiger partial charge on any atom is -0.507 e. The molecule has 10 heteroatoms. The number of aromatic carboxylic acids is 1. The van der Waals surface area contributed by atoms with Crippen LogP contribution < -0.4 is 11.2 Å². The van der Waals surface area contributed by atoms with Crippen molar-refractivity contribution in [3.63, 3.8) is 0 Å². The molecule has 1 aromatic carbocycles. The van der Waals surface area contributed by atoms with E-state index in [4.69, 9.17) is 27.8 Å². The first-order chi connectivity index (χ1) is 11.4. The number of phenols is 1. The van der Waals surface area contributed by atoms with E-state index in [9.17, 15) is 14.7 Å². The van der Waals surface area contributed by atoms with Gasteiger partial charge in [0.15, 0.2) is 5.71 Å². The van der Waals surface area contributed by atoms with Gasteiger partial charge in [-0.1, -0.05) is 12.2 Å². The van der Waals surface area contributed by atoms with E-state index in [1.165, 1.54) is 23.1 Å². The fourth-order valence-electron chi connectivity index (χ4n) is 2.02. The SMILES string of the molecule is NC(=S)C(=NNc1ccc(O)c(C(=O)O)c1)C(=O)N1CCOCC1. The summed E-state index contributed by atoms with van der Waals surface area (Å²) >= 11 is 4.86. The van der Waals surface area contributed by atoms with Crippen LogP contribution in [0.15, 0.2) is 23.3 Å². The van der Waals surface area contributed by atoms with E-state index in [0.29, 0.717) is 26.3 Å². The lowest BCUT2D eigenvalue weighted by Crippen LogP contribution is -2.47. The van der Waals surface area contributed by atoms with E-state index in [-0.39, 0.29) is 27.7 Å². The molecule has 1 aliphatic rings. The average Bonchev–Trinajstić information content (AvgIpc) is 2.56. The predicted octanol–water partition coefficient (Wildman–Crippen LogP) is 0.00320. The molecule has 1 saturated heterocycles. The highest BCUT2D eigenvalue weighted by Crippen LogP contribution is 2.21. The average molecular weight is 352 g/mol. The van der Waals surface area contributed by atoms with Crippen LogP contribution in [0.3, 0.4) is 0 Å². The number of ether oxygens (including phenoxy) is 1. The monoisotopic (exact) mass is 352 g/mol. The lowest BCUT2D eigenvalue weighted by Gasteiger charge is -2.26. The molecule has 0 radical (unpaired) electrons. The van der Waals surface area contributed by atoms with Crippen molar-refractivity contribution in [1.29, 1.82) is 0 Å². The number of amides is 1. The fraction of sp³-hybridized carbons (Fsp3) is 0.286. The van der Waals surface area contributed by atoms with Gasteiger partial charge in [0.05, 0.1) is 18.9 Å². The van der Waals surface area contributed by atoms with Crippen LogP contribution in [-0.2, 0) is 9.53 Å². The number of carboxylic acids is 1. The Morgan fingerprint density at radius 2 is 2.00 bits per heavy atom. The number of benzene rings is 1. The molecule has 0 spiro atoms. The molecule has 0 saturated carbocycles. The zero-order valence-corrected chi connectivity index (χ0v) is 13.4. The first kappa shape index (κ1) is 17.6. The van der Waals surface area contributed by atoms with Crippen LogP contribution in [0.1, 0.15) is 10.4 Å². The highest BCUT2D eigenvalue weighted by Gasteiger charge is 2.24. The molecule has 0 aromatic heterocycles. The van der Waals surface area contributed by atoms with Gasteiger partial charge in [-0.15, -0.1) is 0 Å². The maximum absolute atomic E-state index is 12.4. The van der Waals surface area contributed by atoms with Crippen molar-refractivity contribution in [2.75, 3.05) is 31.7 Å². The van der Waals surface area contributed by atoms with Gasteiger partial charge in [-0.25, -0.2) is 4.79 Å². The van der Waals surface area contributed by atoms with Crippen LogP contribution in [-0.4, -0.2) is 64.0 Å². The molecule has 128 valence electrons. The Bertz CT molecular complexity index is 700. The summed E-state index contributed by atoms with van der Waals surface area (Å²) in [5, 5.41) is 22.3. The third-order valence-corrected chi connectivity index (χ3v) is 3.45. The number of morpholine rings is 1. The summed E-state index contributed by atoms with van der Waals surface area (Å²) in [6, 6.07) is 3.78. The Labute approximate surface area is 142 Å². The molecule has 0 bridgehead atoms. The number of rotatable bonds is 5. The van der Waals surface area contributed by atoms with Gasteiger partial charge in [-0.3, -0.25) is 10.2 Å². The number of carboxylic acid groups (broad SMARTS) is 1. The maximum atomic E-state index is 12.4. The van der Waals surface area contributed by atoms with Crippen LogP contribution in [0.5, 0.6) is 5.75 Å². The topological polar surface area (TPSA) is 137 Å². The molecule has 1 fully saturated rings. The van der Waals surface area contributed by atoms with Crippen molar-refractivity contribution in [2.45, 2.75) is 0 Å². The number of carbonyl (C=O) groups is 2. The molecule has 0 atom stereocenters. The van der Waals surface area contributed by atoms with Gasteiger partial charge in [0, 0.05) is 13.1 Å². The Kier molecular flexibility index (Phi) is 5.66. The van der Waals surface area contributed by atoms with Crippen LogP contribution in [0, 0.1) is 0 Å². The zero-order chi connectivity index (χ0) is 17.7. The third-order valence-electron chi connectivity index (χ3n) is 3.26. The van der Waals surface area contributed by atoms with Crippen LogP contribution in [0.4, 0.5) is 5.69 Å². The molecule has 24 heavy (non-hydrogen) atoms. The largest absolute Gasteiger partial charge is 0.507 e. The summed E-state index contributed by atoms with van der Waals surface area (Å²) < 4.78 is 5.17. The summed E-state index contributed by atoms with van der Waals surface area (Å²) in [4.78, 5) is 24.7. The van der Waals surface area contributed by atoms with E-state index in [0.717, 1.165) is 0 Å². The van der Waals surface area contributed by atoms with Crippen LogP contribution in [0.2, 0.25) is 0 Å². The molecule has 0 aliphatic carbocycles. The summed E-state index contributed by atoms with van der Waals surface area (Å²) in [6.07, 6.45) is 0. The summed E-state index contributed by atoms with van der Waals surface area (Å²) in [5.74, 6) is -2.11. The summed E-state index contributed by atoms with van der Waals surface area (Å²) in [6.45, 7) is 1.65. The maximum Gasteiger partial charge on any atom is 0.339 e. The number of carbonyl (C=O) groups excluding carboxylic acids is 1. The standard InChI is InChI=1S/C14H16N4O5S/c15-12(24)11(13(20)18-3-5-23-6-4-18)17-16-8-1-2-10(19)9(7-8)14(21)22/h1-2,7,16,19H,3-6H2,(H2,15,24)(H,21,22). The summed E-state index contributed by atoms with van der Waals surface area (Å²) in [5.41, 5.74) is 7.91. The van der Waals surface area contributed by atoms with E-state index in [2.05, 4.69) is 10.5 Å². The van der Waals surface area contributed by atoms with Crippen molar-refractivity contribution < 1.29 is 24.5 Å². The van der Waals surface area contributed by atoms with E-state index in [1.807, 2.05) is 0 Å². The van der Waals surface area contributed by atoms with E-state index >= 15 is 0 Å². The Balaban J connectivity index is 2.19. The normalized spacial score (nSPS) is 15.0. The number of hydrogen-bond donors (Lipinski definition) is 4. The van der Waals surface area contributed by atoms with Crippen molar-refractivity contribution in [1.82, 2.24) is 4.90 Å². The highest BCUT2D eigenvalue weighted by molar-refractivity contribution is 7.82. The molecular formula is C14H16N4O5S. The molecule has 5 N–H and O–H groups in total. The van der Waals surface area contributed by atoms with Crippen molar-refractivity contribution in [2.24, 2.45) is 10.8 Å². The molecule has 1 aromatic rings. The zero-order valence-electron chi connectivity index (χ0n) is 12.6. The number of nitrogens with one attached hydrogen (secondary N) is 1. The number of hydrogen-bond acceptors (Lipinski definition) is 7. The van der Waals surface area contributed by atoms with Crippen molar-refractivity contribution >= 4 is 40.5 Å². The van der Waals surface area contributed by atoms with Gasteiger partial charge in [0.25, 0.3) is 5.91 Å². The highest BCUT2D eigenvalue weighted by atomic mass is 32.1. The molecular weight excluding hydrogens is 336 g/mol. The van der Waals surface area contributed by atoms with Gasteiger partial charge in [-0.2, -0.15) is 5.10 Å². The third kappa shape index (κ3) is 4.18. The number of anilines is 1. The molecule has 0 unspecified atom stereocenters. The van der Waals surface area contributed by atoms with Crippen molar-refractivity contribution in [3.8, 4) is 5.75 Å². The lowest BCUT2D eigenvalue weighted by molar-refractivity contribution is -0.127. The number of nitrogens with zero attached hydrogens (tertiary/aromatic N) is 2. The van der Waals surface area contributed by atoms with Crippen molar-refractivity contribution in [3.05, 3.63) is 23.8 Å². The van der Waals surface area contributed by atoms with Gasteiger partial charge in [0.1, 0.15) is 16.3 Å². The van der Waals surface area contributed by atoms with Gasteiger partial charge >= 0.3 is 5.97 Å². The molecule has 9 nitrogen and oxygen atoms in total. The first-order valence-corrected chi connectivity index (χ1v) is 7.38. The smallest absolute Gasteiger partial charge is 0.339 e. The minimum absolute atomic E-state index is 0.142. The predicted molar refractivity (Wildman–Crippen MR) is 90.3 cm³/mol. The second-order valence-corrected chi connectivity index (χ2v) is 5.32. The summed E-state index contributed by atoms with van der Waals surface area (Å²) in [7, 11) is 0. The van der Waals surface area contributed by atoms with Gasteiger partial charge in [0.2, 0.25) is 0 Å². The van der Waals surface area contributed by atoms with Crippen LogP contribution in [0.25, 0.3) is 0 Å². The van der Waals surface area contributed by atoms with Gasteiger partial charge in [-0.05, 0) is 18.2 Å². The molecule has 1 amide bonds.